The summed E-state index contributed by atoms with van der Waals surface area (Å²) < 4.78 is 33.8. The first kappa shape index (κ1) is 15.1. The third kappa shape index (κ3) is 5.97. The van der Waals surface area contributed by atoms with E-state index in [1.807, 2.05) is 0 Å². The van der Waals surface area contributed by atoms with E-state index in [9.17, 15) is 12.6 Å². The van der Waals surface area contributed by atoms with Crippen LogP contribution in [0, 0.1) is 0 Å². The molecule has 6 heteroatoms. The van der Waals surface area contributed by atoms with Gasteiger partial charge in [0, 0.05) is 35.1 Å². The molecule has 0 aromatic carbocycles. The van der Waals surface area contributed by atoms with Gasteiger partial charge in [-0.3, -0.25) is 4.21 Å². The van der Waals surface area contributed by atoms with E-state index in [4.69, 9.17) is 0 Å². The number of rotatable bonds is 6. The van der Waals surface area contributed by atoms with Gasteiger partial charge in [-0.1, -0.05) is 6.42 Å². The Hall–Kier alpha value is 0.0600. The zero-order valence-corrected chi connectivity index (χ0v) is 12.3. The molecule has 3 unspecified atom stereocenters. The summed E-state index contributed by atoms with van der Waals surface area (Å²) in [5.41, 5.74) is 0. The summed E-state index contributed by atoms with van der Waals surface area (Å²) in [6.45, 7) is 0.834. The van der Waals surface area contributed by atoms with Crippen LogP contribution in [0.4, 0.5) is 0 Å². The molecule has 17 heavy (non-hydrogen) atoms. The van der Waals surface area contributed by atoms with Crippen LogP contribution in [0.25, 0.3) is 0 Å². The van der Waals surface area contributed by atoms with Gasteiger partial charge in [-0.25, -0.2) is 8.42 Å². The molecule has 1 rings (SSSR count). The molecule has 0 aromatic heterocycles. The average molecular weight is 281 g/mol. The second kappa shape index (κ2) is 6.85. The molecular weight excluding hydrogens is 258 g/mol. The minimum atomic E-state index is -2.89. The Balaban J connectivity index is 2.28. The third-order valence-corrected chi connectivity index (χ3v) is 5.78. The molecule has 1 aliphatic carbocycles. The molecule has 0 heterocycles. The van der Waals surface area contributed by atoms with Crippen molar-refractivity contribution >= 4 is 20.6 Å². The quantitative estimate of drug-likeness (QED) is 0.728. The fourth-order valence-corrected chi connectivity index (χ4v) is 4.03. The topological polar surface area (TPSA) is 63.2 Å². The second-order valence-corrected chi connectivity index (χ2v) is 8.78. The standard InChI is InChI=1S/C11H23NO3S2/c1-16(13)8-4-7-12-10-5-3-6-11(9-10)17(2,14)15/h10-12H,3-9H2,1-2H3. The van der Waals surface area contributed by atoms with Crippen molar-refractivity contribution in [3.8, 4) is 0 Å². The van der Waals surface area contributed by atoms with E-state index in [0.717, 1.165) is 44.4 Å². The van der Waals surface area contributed by atoms with Crippen LogP contribution in [-0.4, -0.2) is 48.7 Å². The largest absolute Gasteiger partial charge is 0.314 e. The lowest BCUT2D eigenvalue weighted by Gasteiger charge is -2.28. The SMILES string of the molecule is CS(=O)CCCNC1CCCC(S(C)(=O)=O)C1. The summed E-state index contributed by atoms with van der Waals surface area (Å²) in [5.74, 6) is 0.717. The monoisotopic (exact) mass is 281 g/mol. The smallest absolute Gasteiger partial charge is 0.150 e. The molecule has 0 radical (unpaired) electrons. The van der Waals surface area contributed by atoms with Gasteiger partial charge in [0.25, 0.3) is 0 Å². The molecule has 1 N–H and O–H groups in total. The third-order valence-electron chi connectivity index (χ3n) is 3.27. The number of hydrogen-bond donors (Lipinski definition) is 1. The number of hydrogen-bond acceptors (Lipinski definition) is 4. The second-order valence-electron chi connectivity index (χ2n) is 4.90. The molecule has 1 saturated carbocycles. The number of nitrogens with one attached hydrogen (secondary N) is 1. The Morgan fingerprint density at radius 1 is 1.35 bits per heavy atom. The van der Waals surface area contributed by atoms with Crippen LogP contribution >= 0.6 is 0 Å². The van der Waals surface area contributed by atoms with E-state index in [1.165, 1.54) is 6.26 Å². The summed E-state index contributed by atoms with van der Waals surface area (Å²) >= 11 is 0. The highest BCUT2D eigenvalue weighted by Crippen LogP contribution is 2.23. The minimum Gasteiger partial charge on any atom is -0.314 e. The average Bonchev–Trinajstić information content (AvgIpc) is 2.23. The van der Waals surface area contributed by atoms with E-state index in [0.29, 0.717) is 6.04 Å². The van der Waals surface area contributed by atoms with Crippen LogP contribution in [-0.2, 0) is 20.6 Å². The summed E-state index contributed by atoms with van der Waals surface area (Å²) in [6, 6.07) is 0.314. The lowest BCUT2D eigenvalue weighted by atomic mass is 9.95. The highest BCUT2D eigenvalue weighted by molar-refractivity contribution is 7.91. The molecule has 1 fully saturated rings. The molecule has 0 spiro atoms. The first-order valence-corrected chi connectivity index (χ1v) is 9.80. The van der Waals surface area contributed by atoms with Crippen molar-refractivity contribution in [3.05, 3.63) is 0 Å². The Bertz CT molecular complexity index is 354. The van der Waals surface area contributed by atoms with Crippen molar-refractivity contribution in [2.24, 2.45) is 0 Å². The molecule has 3 atom stereocenters. The zero-order chi connectivity index (χ0) is 12.9. The summed E-state index contributed by atoms with van der Waals surface area (Å²) in [5, 5.41) is 3.21. The van der Waals surface area contributed by atoms with Crippen LogP contribution < -0.4 is 5.32 Å². The Morgan fingerprint density at radius 2 is 2.06 bits per heavy atom. The van der Waals surface area contributed by atoms with E-state index < -0.39 is 20.6 Å². The van der Waals surface area contributed by atoms with Crippen molar-refractivity contribution in [2.75, 3.05) is 24.8 Å². The zero-order valence-electron chi connectivity index (χ0n) is 10.6. The van der Waals surface area contributed by atoms with Gasteiger partial charge in [-0.15, -0.1) is 0 Å². The van der Waals surface area contributed by atoms with Crippen LogP contribution in [0.1, 0.15) is 32.1 Å². The molecule has 102 valence electrons. The van der Waals surface area contributed by atoms with Gasteiger partial charge < -0.3 is 5.32 Å². The summed E-state index contributed by atoms with van der Waals surface area (Å²) in [4.78, 5) is 0. The molecule has 1 aliphatic rings. The molecule has 0 aliphatic heterocycles. The van der Waals surface area contributed by atoms with Gasteiger partial charge in [0.1, 0.15) is 9.84 Å². The van der Waals surface area contributed by atoms with Gasteiger partial charge in [0.2, 0.25) is 0 Å². The Labute approximate surface area is 107 Å². The summed E-state index contributed by atoms with van der Waals surface area (Å²) in [6.07, 6.45) is 7.50. The maximum Gasteiger partial charge on any atom is 0.150 e. The van der Waals surface area contributed by atoms with Gasteiger partial charge in [0.15, 0.2) is 0 Å². The number of sulfone groups is 1. The fourth-order valence-electron chi connectivity index (χ4n) is 2.30. The normalized spacial score (nSPS) is 27.9. The maximum absolute atomic E-state index is 11.5. The Kier molecular flexibility index (Phi) is 6.09. The minimum absolute atomic E-state index is 0.172. The highest BCUT2D eigenvalue weighted by atomic mass is 32.2. The van der Waals surface area contributed by atoms with E-state index in [-0.39, 0.29) is 5.25 Å². The molecule has 0 amide bonds. The van der Waals surface area contributed by atoms with E-state index in [2.05, 4.69) is 5.32 Å². The van der Waals surface area contributed by atoms with Crippen LogP contribution in [0.3, 0.4) is 0 Å². The van der Waals surface area contributed by atoms with Crippen molar-refractivity contribution in [3.63, 3.8) is 0 Å². The molecule has 0 bridgehead atoms. The van der Waals surface area contributed by atoms with Crippen molar-refractivity contribution in [1.29, 1.82) is 0 Å². The van der Waals surface area contributed by atoms with Crippen molar-refractivity contribution < 1.29 is 12.6 Å². The lowest BCUT2D eigenvalue weighted by Crippen LogP contribution is -2.39. The predicted molar refractivity (Wildman–Crippen MR) is 72.4 cm³/mol. The maximum atomic E-state index is 11.5. The molecule has 0 saturated heterocycles. The molecule has 0 aromatic rings. The van der Waals surface area contributed by atoms with Crippen molar-refractivity contribution in [1.82, 2.24) is 5.32 Å². The predicted octanol–water partition coefficient (Wildman–Crippen LogP) is 0.700. The highest BCUT2D eigenvalue weighted by Gasteiger charge is 2.28. The first-order chi connectivity index (χ1) is 7.89. The molecule has 4 nitrogen and oxygen atoms in total. The van der Waals surface area contributed by atoms with Gasteiger partial charge in [-0.05, 0) is 32.2 Å². The van der Waals surface area contributed by atoms with Gasteiger partial charge in [0.05, 0.1) is 5.25 Å². The summed E-state index contributed by atoms with van der Waals surface area (Å²) in [7, 11) is -3.62. The van der Waals surface area contributed by atoms with E-state index in [1.54, 1.807) is 6.26 Å². The van der Waals surface area contributed by atoms with Crippen molar-refractivity contribution in [2.45, 2.75) is 43.4 Å². The van der Waals surface area contributed by atoms with Gasteiger partial charge in [-0.2, -0.15) is 0 Å². The van der Waals surface area contributed by atoms with E-state index >= 15 is 0 Å². The fraction of sp³-hybridized carbons (Fsp3) is 1.00. The van der Waals surface area contributed by atoms with Gasteiger partial charge >= 0.3 is 0 Å². The molecular formula is C11H23NO3S2. The van der Waals surface area contributed by atoms with Crippen LogP contribution in [0.2, 0.25) is 0 Å². The van der Waals surface area contributed by atoms with Crippen LogP contribution in [0.5, 0.6) is 0 Å². The first-order valence-electron chi connectivity index (χ1n) is 6.12. The van der Waals surface area contributed by atoms with Crippen LogP contribution in [0.15, 0.2) is 0 Å². The Morgan fingerprint density at radius 3 is 2.65 bits per heavy atom. The lowest BCUT2D eigenvalue weighted by molar-refractivity contribution is 0.373.